The van der Waals surface area contributed by atoms with Crippen molar-refractivity contribution in [1.29, 1.82) is 0 Å². The summed E-state index contributed by atoms with van der Waals surface area (Å²) in [6, 6.07) is 18.7. The van der Waals surface area contributed by atoms with Crippen molar-refractivity contribution in [2.45, 2.75) is 6.92 Å². The molecule has 0 spiro atoms. The van der Waals surface area contributed by atoms with E-state index in [1.165, 1.54) is 0 Å². The molecule has 0 fully saturated rings. The molecule has 4 nitrogen and oxygen atoms in total. The van der Waals surface area contributed by atoms with Crippen LogP contribution in [0, 0.1) is 0 Å². The van der Waals surface area contributed by atoms with Crippen LogP contribution in [0.15, 0.2) is 60.7 Å². The van der Waals surface area contributed by atoms with Crippen molar-refractivity contribution < 1.29 is 9.84 Å². The summed E-state index contributed by atoms with van der Waals surface area (Å²) < 4.78 is 5.59. The molecule has 0 heterocycles. The van der Waals surface area contributed by atoms with Crippen LogP contribution < -0.4 is 15.4 Å². The molecule has 0 atom stereocenters. The van der Waals surface area contributed by atoms with E-state index in [4.69, 9.17) is 17.0 Å². The van der Waals surface area contributed by atoms with Gasteiger partial charge in [-0.3, -0.25) is 0 Å². The maximum Gasteiger partial charge on any atom is 0.175 e. The van der Waals surface area contributed by atoms with Gasteiger partial charge >= 0.3 is 0 Å². The molecule has 3 aromatic rings. The first-order chi connectivity index (χ1) is 11.7. The van der Waals surface area contributed by atoms with Crippen LogP contribution in [0.2, 0.25) is 0 Å². The van der Waals surface area contributed by atoms with Crippen molar-refractivity contribution in [1.82, 2.24) is 0 Å². The fourth-order valence-electron chi connectivity index (χ4n) is 2.53. The van der Waals surface area contributed by atoms with Crippen LogP contribution in [0.3, 0.4) is 0 Å². The molecule has 0 radical (unpaired) electrons. The van der Waals surface area contributed by atoms with Crippen molar-refractivity contribution in [3.05, 3.63) is 60.7 Å². The second kappa shape index (κ2) is 7.19. The second-order valence-electron chi connectivity index (χ2n) is 5.19. The molecule has 0 aliphatic heterocycles. The third-order valence-electron chi connectivity index (χ3n) is 3.58. The molecule has 122 valence electrons. The quantitative estimate of drug-likeness (QED) is 0.599. The number of phenols is 1. The van der Waals surface area contributed by atoms with Crippen LogP contribution >= 0.6 is 12.2 Å². The fourth-order valence-corrected chi connectivity index (χ4v) is 2.75. The fraction of sp³-hybridized carbons (Fsp3) is 0.105. The number of hydrogen-bond acceptors (Lipinski definition) is 3. The average molecular weight is 338 g/mol. The summed E-state index contributed by atoms with van der Waals surface area (Å²) in [6.07, 6.45) is 0. The van der Waals surface area contributed by atoms with Gasteiger partial charge in [0.25, 0.3) is 0 Å². The Morgan fingerprint density at radius 1 is 0.917 bits per heavy atom. The van der Waals surface area contributed by atoms with E-state index in [1.54, 1.807) is 6.07 Å². The van der Waals surface area contributed by atoms with Crippen LogP contribution in [-0.4, -0.2) is 16.8 Å². The molecule has 0 bridgehead atoms. The first-order valence-corrected chi connectivity index (χ1v) is 8.10. The minimum absolute atomic E-state index is 0.247. The standard InChI is InChI=1S/C19H18N2O2S/c1-2-23-18-12-4-3-9-16(18)21-19(24)20-15-10-5-8-14-13(15)7-6-11-17(14)22/h3-12,22H,2H2,1H3,(H2,20,21,24). The van der Waals surface area contributed by atoms with Gasteiger partial charge in [-0.1, -0.05) is 36.4 Å². The van der Waals surface area contributed by atoms with E-state index < -0.39 is 0 Å². The Kier molecular flexibility index (Phi) is 4.82. The Hall–Kier alpha value is -2.79. The molecule has 0 aliphatic carbocycles. The molecule has 0 aliphatic rings. The van der Waals surface area contributed by atoms with Gasteiger partial charge < -0.3 is 20.5 Å². The van der Waals surface area contributed by atoms with Gasteiger partial charge in [-0.2, -0.15) is 0 Å². The Labute approximate surface area is 146 Å². The van der Waals surface area contributed by atoms with Crippen LogP contribution in [0.5, 0.6) is 11.5 Å². The molecule has 3 aromatic carbocycles. The average Bonchev–Trinajstić information content (AvgIpc) is 2.58. The molecule has 0 aromatic heterocycles. The summed E-state index contributed by atoms with van der Waals surface area (Å²) in [6.45, 7) is 2.53. The lowest BCUT2D eigenvalue weighted by molar-refractivity contribution is 0.342. The number of thiocarbonyl (C=S) groups is 1. The van der Waals surface area contributed by atoms with E-state index in [0.29, 0.717) is 11.7 Å². The molecular formula is C19H18N2O2S. The largest absolute Gasteiger partial charge is 0.507 e. The third kappa shape index (κ3) is 3.41. The zero-order valence-electron chi connectivity index (χ0n) is 13.2. The van der Waals surface area contributed by atoms with E-state index in [9.17, 15) is 5.11 Å². The lowest BCUT2D eigenvalue weighted by Gasteiger charge is -2.15. The first kappa shape index (κ1) is 16.1. The smallest absolute Gasteiger partial charge is 0.175 e. The number of aromatic hydroxyl groups is 1. The third-order valence-corrected chi connectivity index (χ3v) is 3.79. The monoisotopic (exact) mass is 338 g/mol. The molecule has 3 N–H and O–H groups in total. The minimum Gasteiger partial charge on any atom is -0.507 e. The van der Waals surface area contributed by atoms with E-state index in [1.807, 2.05) is 61.5 Å². The summed E-state index contributed by atoms with van der Waals surface area (Å²) in [4.78, 5) is 0. The number of benzene rings is 3. The Morgan fingerprint density at radius 2 is 1.58 bits per heavy atom. The van der Waals surface area contributed by atoms with Gasteiger partial charge in [-0.05, 0) is 43.4 Å². The molecule has 0 saturated carbocycles. The Morgan fingerprint density at radius 3 is 2.42 bits per heavy atom. The van der Waals surface area contributed by atoms with Crippen molar-refractivity contribution >= 4 is 39.5 Å². The van der Waals surface area contributed by atoms with Gasteiger partial charge in [-0.25, -0.2) is 0 Å². The maximum absolute atomic E-state index is 9.97. The lowest BCUT2D eigenvalue weighted by Crippen LogP contribution is -2.19. The molecule has 5 heteroatoms. The SMILES string of the molecule is CCOc1ccccc1NC(=S)Nc1cccc2c(O)cccc12. The van der Waals surface area contributed by atoms with Crippen LogP contribution in [0.25, 0.3) is 10.8 Å². The van der Waals surface area contributed by atoms with E-state index in [2.05, 4.69) is 10.6 Å². The lowest BCUT2D eigenvalue weighted by atomic mass is 10.1. The van der Waals surface area contributed by atoms with Crippen molar-refractivity contribution in [2.75, 3.05) is 17.2 Å². The molecule has 24 heavy (non-hydrogen) atoms. The Balaban J connectivity index is 1.82. The highest BCUT2D eigenvalue weighted by Gasteiger charge is 2.08. The number of ether oxygens (including phenoxy) is 1. The van der Waals surface area contributed by atoms with Crippen molar-refractivity contribution in [2.24, 2.45) is 0 Å². The van der Waals surface area contributed by atoms with Crippen LogP contribution in [0.1, 0.15) is 6.92 Å². The highest BCUT2D eigenvalue weighted by Crippen LogP contribution is 2.30. The zero-order valence-corrected chi connectivity index (χ0v) is 14.1. The minimum atomic E-state index is 0.247. The van der Waals surface area contributed by atoms with Gasteiger partial charge in [0.1, 0.15) is 11.5 Å². The van der Waals surface area contributed by atoms with E-state index in [-0.39, 0.29) is 5.75 Å². The number of anilines is 2. The first-order valence-electron chi connectivity index (χ1n) is 7.69. The van der Waals surface area contributed by atoms with Gasteiger partial charge in [0, 0.05) is 16.5 Å². The number of fused-ring (bicyclic) bond motifs is 1. The maximum atomic E-state index is 9.97. The molecule has 0 unspecified atom stereocenters. The molecular weight excluding hydrogens is 320 g/mol. The van der Waals surface area contributed by atoms with Gasteiger partial charge in [0.05, 0.1) is 12.3 Å². The predicted molar refractivity (Wildman–Crippen MR) is 103 cm³/mol. The molecule has 0 amide bonds. The highest BCUT2D eigenvalue weighted by molar-refractivity contribution is 7.80. The van der Waals surface area contributed by atoms with E-state index in [0.717, 1.165) is 27.9 Å². The number of nitrogens with one attached hydrogen (secondary N) is 2. The predicted octanol–water partition coefficient (Wildman–Crippen LogP) is 4.75. The van der Waals surface area contributed by atoms with Crippen molar-refractivity contribution in [3.63, 3.8) is 0 Å². The summed E-state index contributed by atoms with van der Waals surface area (Å²) >= 11 is 5.42. The summed E-state index contributed by atoms with van der Waals surface area (Å²) in [5.74, 6) is 0.997. The van der Waals surface area contributed by atoms with Gasteiger partial charge in [0.2, 0.25) is 0 Å². The summed E-state index contributed by atoms with van der Waals surface area (Å²) in [7, 11) is 0. The number of para-hydroxylation sites is 2. The number of phenolic OH excluding ortho intramolecular Hbond substituents is 1. The number of rotatable bonds is 4. The topological polar surface area (TPSA) is 53.5 Å². The van der Waals surface area contributed by atoms with Gasteiger partial charge in [0.15, 0.2) is 5.11 Å². The van der Waals surface area contributed by atoms with Crippen LogP contribution in [0.4, 0.5) is 11.4 Å². The van der Waals surface area contributed by atoms with Crippen molar-refractivity contribution in [3.8, 4) is 11.5 Å². The number of hydrogen-bond donors (Lipinski definition) is 3. The highest BCUT2D eigenvalue weighted by atomic mass is 32.1. The Bertz CT molecular complexity index is 880. The van der Waals surface area contributed by atoms with Gasteiger partial charge in [-0.15, -0.1) is 0 Å². The normalized spacial score (nSPS) is 10.4. The molecule has 3 rings (SSSR count). The second-order valence-corrected chi connectivity index (χ2v) is 5.59. The summed E-state index contributed by atoms with van der Waals surface area (Å²) in [5, 5.41) is 18.4. The van der Waals surface area contributed by atoms with Crippen LogP contribution in [-0.2, 0) is 0 Å². The molecule has 0 saturated heterocycles. The van der Waals surface area contributed by atoms with E-state index >= 15 is 0 Å². The zero-order chi connectivity index (χ0) is 16.9. The summed E-state index contributed by atoms with van der Waals surface area (Å²) in [5.41, 5.74) is 1.63.